The lowest BCUT2D eigenvalue weighted by Gasteiger charge is -2.29. The molecular formula is C12H17NO3. The molecule has 1 aromatic carbocycles. The third-order valence-corrected chi connectivity index (χ3v) is 2.07. The van der Waals surface area contributed by atoms with Crippen molar-refractivity contribution in [1.82, 2.24) is 0 Å². The maximum absolute atomic E-state index is 9.86. The molecule has 2 atom stereocenters. The predicted octanol–water partition coefficient (Wildman–Crippen LogP) is 1.26. The van der Waals surface area contributed by atoms with Crippen molar-refractivity contribution in [2.45, 2.75) is 18.9 Å². The number of para-hydroxylation sites is 1. The molecule has 88 valence electrons. The Kier molecular flexibility index (Phi) is 4.49. The average molecular weight is 223 g/mol. The summed E-state index contributed by atoms with van der Waals surface area (Å²) in [6.07, 6.45) is 0.917. The highest BCUT2D eigenvalue weighted by Gasteiger charge is 2.32. The first kappa shape index (κ1) is 12.7. The Balaban J connectivity index is 2.60. The minimum Gasteiger partial charge on any atom is -0.447 e. The minimum atomic E-state index is -1.86. The van der Waals surface area contributed by atoms with Crippen molar-refractivity contribution < 1.29 is 14.6 Å². The molecule has 0 spiro atoms. The van der Waals surface area contributed by atoms with Gasteiger partial charge in [-0.1, -0.05) is 24.3 Å². The van der Waals surface area contributed by atoms with Gasteiger partial charge >= 0.3 is 0 Å². The molecule has 0 heterocycles. The van der Waals surface area contributed by atoms with Gasteiger partial charge in [0.2, 0.25) is 0 Å². The fourth-order valence-electron chi connectivity index (χ4n) is 1.09. The van der Waals surface area contributed by atoms with E-state index in [1.165, 1.54) is 0 Å². The van der Waals surface area contributed by atoms with Crippen LogP contribution in [0.1, 0.15) is 6.92 Å². The molecule has 0 aliphatic heterocycles. The molecular weight excluding hydrogens is 206 g/mol. The van der Waals surface area contributed by atoms with Crippen molar-refractivity contribution >= 4 is 0 Å². The van der Waals surface area contributed by atoms with Crippen LogP contribution in [-0.2, 0) is 4.74 Å². The molecule has 1 aromatic rings. The van der Waals surface area contributed by atoms with Crippen LogP contribution in [0.5, 0.6) is 5.75 Å². The molecule has 0 aromatic heterocycles. The fraction of sp³-hybridized carbons (Fsp3) is 0.333. The van der Waals surface area contributed by atoms with E-state index >= 15 is 0 Å². The van der Waals surface area contributed by atoms with Crippen molar-refractivity contribution in [2.75, 3.05) is 6.61 Å². The number of rotatable bonds is 6. The Morgan fingerprint density at radius 3 is 2.69 bits per heavy atom. The zero-order valence-corrected chi connectivity index (χ0v) is 9.30. The third-order valence-electron chi connectivity index (χ3n) is 2.07. The van der Waals surface area contributed by atoms with E-state index in [1.54, 1.807) is 37.3 Å². The average Bonchev–Trinajstić information content (AvgIpc) is 2.26. The van der Waals surface area contributed by atoms with Crippen molar-refractivity contribution in [3.8, 4) is 5.75 Å². The van der Waals surface area contributed by atoms with Crippen molar-refractivity contribution in [3.63, 3.8) is 0 Å². The maximum Gasteiger partial charge on any atom is 0.292 e. The molecule has 4 heteroatoms. The van der Waals surface area contributed by atoms with Crippen LogP contribution in [0.3, 0.4) is 0 Å². The quantitative estimate of drug-likeness (QED) is 0.563. The second kappa shape index (κ2) is 5.65. The van der Waals surface area contributed by atoms with Gasteiger partial charge in [-0.15, -0.1) is 6.58 Å². The van der Waals surface area contributed by atoms with Gasteiger partial charge in [-0.3, -0.25) is 5.73 Å². The zero-order valence-electron chi connectivity index (χ0n) is 9.30. The van der Waals surface area contributed by atoms with Crippen LogP contribution in [0.4, 0.5) is 0 Å². The number of benzene rings is 1. The van der Waals surface area contributed by atoms with E-state index in [4.69, 9.17) is 15.2 Å². The second-order valence-electron chi connectivity index (χ2n) is 3.43. The first-order valence-electron chi connectivity index (χ1n) is 5.04. The SMILES string of the molecule is C=CCOC(C)C(N)(O)Oc1ccccc1. The monoisotopic (exact) mass is 223 g/mol. The highest BCUT2D eigenvalue weighted by molar-refractivity contribution is 5.21. The Labute approximate surface area is 95.3 Å². The second-order valence-corrected chi connectivity index (χ2v) is 3.43. The summed E-state index contributed by atoms with van der Waals surface area (Å²) in [5, 5.41) is 9.86. The largest absolute Gasteiger partial charge is 0.447 e. The van der Waals surface area contributed by atoms with E-state index in [-0.39, 0.29) is 0 Å². The lowest BCUT2D eigenvalue weighted by Crippen LogP contribution is -2.55. The molecule has 4 nitrogen and oxygen atoms in total. The molecule has 0 aliphatic rings. The van der Waals surface area contributed by atoms with Crippen LogP contribution < -0.4 is 10.5 Å². The predicted molar refractivity (Wildman–Crippen MR) is 61.8 cm³/mol. The Morgan fingerprint density at radius 2 is 2.12 bits per heavy atom. The molecule has 1 rings (SSSR count). The lowest BCUT2D eigenvalue weighted by atomic mass is 10.3. The number of ether oxygens (including phenoxy) is 2. The normalized spacial score (nSPS) is 16.2. The van der Waals surface area contributed by atoms with Crippen LogP contribution in [0.2, 0.25) is 0 Å². The van der Waals surface area contributed by atoms with Gasteiger partial charge in [-0.25, -0.2) is 0 Å². The van der Waals surface area contributed by atoms with E-state index in [9.17, 15) is 5.11 Å². The van der Waals surface area contributed by atoms with Crippen LogP contribution in [0, 0.1) is 0 Å². The first-order chi connectivity index (χ1) is 7.56. The summed E-state index contributed by atoms with van der Waals surface area (Å²) < 4.78 is 10.4. The smallest absolute Gasteiger partial charge is 0.292 e. The fourth-order valence-corrected chi connectivity index (χ4v) is 1.09. The van der Waals surface area contributed by atoms with Gasteiger partial charge in [0.15, 0.2) is 0 Å². The van der Waals surface area contributed by atoms with Crippen molar-refractivity contribution in [2.24, 2.45) is 5.73 Å². The molecule has 3 N–H and O–H groups in total. The summed E-state index contributed by atoms with van der Waals surface area (Å²) in [6, 6.07) is 8.84. The van der Waals surface area contributed by atoms with Gasteiger partial charge in [0.05, 0.1) is 6.61 Å². The van der Waals surface area contributed by atoms with Crippen LogP contribution >= 0.6 is 0 Å². The summed E-state index contributed by atoms with van der Waals surface area (Å²) in [4.78, 5) is 0. The molecule has 0 aliphatic carbocycles. The number of hydrogen-bond donors (Lipinski definition) is 2. The molecule has 0 radical (unpaired) electrons. The molecule has 0 saturated carbocycles. The molecule has 0 fully saturated rings. The topological polar surface area (TPSA) is 64.7 Å². The molecule has 0 bridgehead atoms. The third kappa shape index (κ3) is 3.66. The Hall–Kier alpha value is -1.36. The molecule has 2 unspecified atom stereocenters. The number of hydrogen-bond acceptors (Lipinski definition) is 4. The summed E-state index contributed by atoms with van der Waals surface area (Å²) in [5.74, 6) is -1.37. The van der Waals surface area contributed by atoms with Crippen molar-refractivity contribution in [3.05, 3.63) is 43.0 Å². The maximum atomic E-state index is 9.86. The van der Waals surface area contributed by atoms with Gasteiger partial charge in [-0.05, 0) is 19.1 Å². The minimum absolute atomic E-state index is 0.304. The van der Waals surface area contributed by atoms with Gasteiger partial charge < -0.3 is 14.6 Å². The van der Waals surface area contributed by atoms with E-state index in [2.05, 4.69) is 6.58 Å². The zero-order chi connectivity index (χ0) is 12.0. The molecule has 0 amide bonds. The van der Waals surface area contributed by atoms with E-state index in [0.29, 0.717) is 12.4 Å². The Morgan fingerprint density at radius 1 is 1.50 bits per heavy atom. The van der Waals surface area contributed by atoms with Gasteiger partial charge in [-0.2, -0.15) is 0 Å². The standard InChI is InChI=1S/C12H17NO3/c1-3-9-15-10(2)12(13,14)16-11-7-5-4-6-8-11/h3-8,10,14H,1,9,13H2,2H3. The molecule has 16 heavy (non-hydrogen) atoms. The van der Waals surface area contributed by atoms with Crippen LogP contribution in [0.15, 0.2) is 43.0 Å². The van der Waals surface area contributed by atoms with E-state index < -0.39 is 12.0 Å². The highest BCUT2D eigenvalue weighted by atomic mass is 16.7. The highest BCUT2D eigenvalue weighted by Crippen LogP contribution is 2.16. The first-order valence-corrected chi connectivity index (χ1v) is 5.04. The van der Waals surface area contributed by atoms with Gasteiger partial charge in [0.25, 0.3) is 5.91 Å². The van der Waals surface area contributed by atoms with E-state index in [0.717, 1.165) is 0 Å². The number of nitrogens with two attached hydrogens (primary N) is 1. The van der Waals surface area contributed by atoms with Crippen molar-refractivity contribution in [1.29, 1.82) is 0 Å². The van der Waals surface area contributed by atoms with Gasteiger partial charge in [0.1, 0.15) is 11.9 Å². The Bertz CT molecular complexity index is 324. The summed E-state index contributed by atoms with van der Waals surface area (Å²) in [7, 11) is 0. The molecule has 0 saturated heterocycles. The van der Waals surface area contributed by atoms with Crippen LogP contribution in [0.25, 0.3) is 0 Å². The van der Waals surface area contributed by atoms with E-state index in [1.807, 2.05) is 6.07 Å². The summed E-state index contributed by atoms with van der Waals surface area (Å²) >= 11 is 0. The number of aliphatic hydroxyl groups is 1. The summed E-state index contributed by atoms with van der Waals surface area (Å²) in [6.45, 7) is 5.45. The summed E-state index contributed by atoms with van der Waals surface area (Å²) in [5.41, 5.74) is 5.61. The van der Waals surface area contributed by atoms with Gasteiger partial charge in [0, 0.05) is 0 Å². The van der Waals surface area contributed by atoms with Crippen LogP contribution in [-0.4, -0.2) is 23.7 Å². The lowest BCUT2D eigenvalue weighted by molar-refractivity contribution is -0.208.